The van der Waals surface area contributed by atoms with Crippen LogP contribution in [0.2, 0.25) is 0 Å². The zero-order valence-electron chi connectivity index (χ0n) is 12.0. The van der Waals surface area contributed by atoms with Crippen molar-refractivity contribution in [2.75, 3.05) is 19.5 Å². The summed E-state index contributed by atoms with van der Waals surface area (Å²) in [6.07, 6.45) is 0. The molecule has 0 aliphatic carbocycles. The van der Waals surface area contributed by atoms with Gasteiger partial charge in [-0.25, -0.2) is 13.7 Å². The van der Waals surface area contributed by atoms with E-state index < -0.39 is 40.9 Å². The lowest BCUT2D eigenvalue weighted by Crippen LogP contribution is -2.73. The molecule has 1 saturated heterocycles. The Hall–Kier alpha value is -2.32. The van der Waals surface area contributed by atoms with Crippen LogP contribution in [0.1, 0.15) is 5.69 Å². The number of thiazole rings is 1. The number of alkyl halides is 1. The minimum Gasteiger partial charge on any atom is -0.398 e. The maximum atomic E-state index is 13.0. The van der Waals surface area contributed by atoms with E-state index in [1.807, 2.05) is 0 Å². The van der Waals surface area contributed by atoms with Gasteiger partial charge in [0.1, 0.15) is 31.6 Å². The van der Waals surface area contributed by atoms with E-state index in [9.17, 15) is 22.4 Å². The molecule has 2 heterocycles. The lowest BCUT2D eigenvalue weighted by Gasteiger charge is -2.42. The number of nitrogens with zero attached hydrogens (tertiary/aromatic N) is 3. The van der Waals surface area contributed by atoms with Crippen LogP contribution < -0.4 is 11.1 Å². The fraction of sp³-hybridized carbons (Fsp3) is 0.400. The number of amides is 2. The number of carbonyl (C=O) groups is 2. The molecule has 4 N–H and O–H groups in total. The highest BCUT2D eigenvalue weighted by atomic mass is 32.2. The lowest BCUT2D eigenvalue weighted by atomic mass is 10.00. The van der Waals surface area contributed by atoms with Crippen molar-refractivity contribution in [3.8, 4) is 0 Å². The summed E-state index contributed by atoms with van der Waals surface area (Å²) in [6.45, 7) is -1.29. The van der Waals surface area contributed by atoms with Gasteiger partial charge in [-0.05, 0) is 0 Å². The van der Waals surface area contributed by atoms with Crippen LogP contribution in [-0.4, -0.2) is 65.7 Å². The fourth-order valence-electron chi connectivity index (χ4n) is 2.01. The number of hydrogen-bond acceptors (Lipinski definition) is 9. The predicted octanol–water partition coefficient (Wildman–Crippen LogP) is -1.46. The number of nitrogens with one attached hydrogen (secondary N) is 1. The van der Waals surface area contributed by atoms with Crippen molar-refractivity contribution < 1.29 is 31.8 Å². The van der Waals surface area contributed by atoms with E-state index in [1.165, 1.54) is 12.5 Å². The molecule has 1 aromatic heterocycles. The van der Waals surface area contributed by atoms with Gasteiger partial charge in [-0.1, -0.05) is 5.16 Å². The molecule has 2 atom stereocenters. The van der Waals surface area contributed by atoms with Crippen LogP contribution in [0.25, 0.3) is 0 Å². The molecule has 0 radical (unpaired) electrons. The molecule has 2 rings (SSSR count). The maximum absolute atomic E-state index is 13.0. The number of oxime groups is 1. The van der Waals surface area contributed by atoms with Crippen LogP contribution >= 0.6 is 11.3 Å². The second-order valence-corrected chi connectivity index (χ2v) is 6.66. The van der Waals surface area contributed by atoms with Gasteiger partial charge in [0.2, 0.25) is 0 Å². The van der Waals surface area contributed by atoms with Gasteiger partial charge in [-0.2, -0.15) is 8.42 Å². The van der Waals surface area contributed by atoms with Crippen molar-refractivity contribution in [1.29, 1.82) is 0 Å². The molecule has 132 valence electrons. The Kier molecular flexibility index (Phi) is 5.00. The van der Waals surface area contributed by atoms with Gasteiger partial charge >= 0.3 is 10.3 Å². The Balaban J connectivity index is 2.19. The number of nitrogen functional groups attached to an aromatic ring is 1. The normalized spacial score (nSPS) is 21.4. The smallest absolute Gasteiger partial charge is 0.362 e. The summed E-state index contributed by atoms with van der Waals surface area (Å²) in [6, 6.07) is -3.04. The molecule has 1 aromatic rings. The highest BCUT2D eigenvalue weighted by Gasteiger charge is 2.54. The molecule has 0 aromatic carbocycles. The highest BCUT2D eigenvalue weighted by Crippen LogP contribution is 2.24. The molecular weight excluding hydrogens is 369 g/mol. The van der Waals surface area contributed by atoms with Crippen LogP contribution in [0.4, 0.5) is 9.52 Å². The number of carbonyl (C=O) groups excluding carboxylic acids is 2. The third kappa shape index (κ3) is 3.29. The van der Waals surface area contributed by atoms with Gasteiger partial charge in [0.05, 0.1) is 0 Å². The minimum absolute atomic E-state index is 0.0497. The van der Waals surface area contributed by atoms with Crippen LogP contribution in [0.3, 0.4) is 0 Å². The zero-order chi connectivity index (χ0) is 18.1. The summed E-state index contributed by atoms with van der Waals surface area (Å²) in [4.78, 5) is 32.3. The van der Waals surface area contributed by atoms with Crippen molar-refractivity contribution >= 4 is 44.3 Å². The number of rotatable bonds is 6. The number of aromatic nitrogens is 1. The minimum atomic E-state index is -4.91. The van der Waals surface area contributed by atoms with Crippen molar-refractivity contribution in [2.24, 2.45) is 5.16 Å². The van der Waals surface area contributed by atoms with Gasteiger partial charge < -0.3 is 15.9 Å². The van der Waals surface area contributed by atoms with E-state index in [0.717, 1.165) is 11.3 Å². The Labute approximate surface area is 139 Å². The molecule has 1 aliphatic heterocycles. The summed E-state index contributed by atoms with van der Waals surface area (Å²) in [5, 5.41) is 7.16. The van der Waals surface area contributed by atoms with Crippen LogP contribution in [0.5, 0.6) is 0 Å². The average molecular weight is 381 g/mol. The molecule has 11 nitrogen and oxygen atoms in total. The topological polar surface area (TPSA) is 164 Å². The van der Waals surface area contributed by atoms with Gasteiger partial charge in [-0.3, -0.25) is 14.1 Å². The summed E-state index contributed by atoms with van der Waals surface area (Å²) < 4.78 is 43.8. The molecule has 2 amide bonds. The standard InChI is InChI=1S/C10H12FN5O6S2/c1-22-15-6(4-3-23-10(12)13-4)8(17)14-7-5(2-11)16(9(7)18)24(19,20)21/h3,5,7H,2H2,1H3,(H2,12,13)(H,14,17)(H,19,20,21)/b15-6-/t5-,7+/m1/s1. The second-order valence-electron chi connectivity index (χ2n) is 4.48. The molecular formula is C10H12FN5O6S2. The van der Waals surface area contributed by atoms with Crippen molar-refractivity contribution in [3.05, 3.63) is 11.1 Å². The summed E-state index contributed by atoms with van der Waals surface area (Å²) in [7, 11) is -3.75. The van der Waals surface area contributed by atoms with Crippen LogP contribution in [0, 0.1) is 0 Å². The van der Waals surface area contributed by atoms with Gasteiger partial charge in [-0.15, -0.1) is 11.3 Å². The van der Waals surface area contributed by atoms with E-state index >= 15 is 0 Å². The van der Waals surface area contributed by atoms with Gasteiger partial charge in [0.25, 0.3) is 11.8 Å². The monoisotopic (exact) mass is 381 g/mol. The summed E-state index contributed by atoms with van der Waals surface area (Å²) in [5.41, 5.74) is 5.19. The Morgan fingerprint density at radius 2 is 2.33 bits per heavy atom. The maximum Gasteiger partial charge on any atom is 0.362 e. The highest BCUT2D eigenvalue weighted by molar-refractivity contribution is 7.84. The molecule has 24 heavy (non-hydrogen) atoms. The number of hydrogen-bond donors (Lipinski definition) is 3. The number of anilines is 1. The Morgan fingerprint density at radius 3 is 2.79 bits per heavy atom. The molecule has 1 aliphatic rings. The largest absolute Gasteiger partial charge is 0.398 e. The van der Waals surface area contributed by atoms with Crippen LogP contribution in [-0.2, 0) is 24.7 Å². The van der Waals surface area contributed by atoms with Gasteiger partial charge in [0, 0.05) is 5.38 Å². The first-order chi connectivity index (χ1) is 11.2. The Morgan fingerprint density at radius 1 is 1.67 bits per heavy atom. The molecule has 0 spiro atoms. The third-order valence-corrected chi connectivity index (χ3v) is 4.65. The van der Waals surface area contributed by atoms with E-state index in [0.29, 0.717) is 0 Å². The van der Waals surface area contributed by atoms with E-state index in [4.69, 9.17) is 10.3 Å². The van der Waals surface area contributed by atoms with E-state index in [2.05, 4.69) is 20.3 Å². The van der Waals surface area contributed by atoms with E-state index in [-0.39, 0.29) is 20.8 Å². The first kappa shape index (κ1) is 18.0. The summed E-state index contributed by atoms with van der Waals surface area (Å²) in [5.74, 6) is -2.13. The van der Waals surface area contributed by atoms with Gasteiger partial charge in [0.15, 0.2) is 10.8 Å². The first-order valence-corrected chi connectivity index (χ1v) is 8.48. The zero-order valence-corrected chi connectivity index (χ0v) is 13.7. The number of nitrogens with two attached hydrogens (primary N) is 1. The molecule has 14 heteroatoms. The summed E-state index contributed by atoms with van der Waals surface area (Å²) >= 11 is 1.03. The molecule has 1 fully saturated rings. The predicted molar refractivity (Wildman–Crippen MR) is 80.2 cm³/mol. The number of β-lactam (4-membered cyclic amide) rings is 1. The van der Waals surface area contributed by atoms with Crippen molar-refractivity contribution in [2.45, 2.75) is 12.1 Å². The van der Waals surface area contributed by atoms with Crippen LogP contribution in [0.15, 0.2) is 10.5 Å². The second kappa shape index (κ2) is 6.66. The SMILES string of the molecule is CO/N=C(\C(=O)N[C@@H]1C(=O)N(S(=O)(=O)O)[C@@H]1CF)c1csc(N)n1. The lowest BCUT2D eigenvalue weighted by molar-refractivity contribution is -0.145. The van der Waals surface area contributed by atoms with Crippen molar-refractivity contribution in [3.63, 3.8) is 0 Å². The quantitative estimate of drug-likeness (QED) is 0.233. The molecule has 0 saturated carbocycles. The average Bonchev–Trinajstić information content (AvgIpc) is 2.91. The van der Waals surface area contributed by atoms with E-state index in [1.54, 1.807) is 0 Å². The fourth-order valence-corrected chi connectivity index (χ4v) is 3.42. The molecule has 0 unspecified atom stereocenters. The van der Waals surface area contributed by atoms with Crippen molar-refractivity contribution in [1.82, 2.24) is 14.6 Å². The first-order valence-electron chi connectivity index (χ1n) is 6.20. The molecule has 0 bridgehead atoms. The third-order valence-electron chi connectivity index (χ3n) is 3.02. The Bertz CT molecular complexity index is 793. The number of halogens is 1.